The van der Waals surface area contributed by atoms with Gasteiger partial charge in [-0.05, 0) is 42.7 Å². The van der Waals surface area contributed by atoms with Crippen LogP contribution >= 0.6 is 0 Å². The van der Waals surface area contributed by atoms with Crippen LogP contribution in [-0.4, -0.2) is 14.2 Å². The summed E-state index contributed by atoms with van der Waals surface area (Å²) < 4.78 is 10.8. The van der Waals surface area contributed by atoms with Gasteiger partial charge in [0, 0.05) is 5.56 Å². The largest absolute Gasteiger partial charge is 0.497 e. The molecule has 2 aromatic carbocycles. The zero-order chi connectivity index (χ0) is 15.4. The SMILES string of the molecule is COc1ccc(C(NN)c2ccc(C)c(C)c2OC)cc1. The molecule has 0 aliphatic carbocycles. The Kier molecular flexibility index (Phi) is 4.83. The summed E-state index contributed by atoms with van der Waals surface area (Å²) in [6.07, 6.45) is 0. The number of nitrogens with one attached hydrogen (secondary N) is 1. The Morgan fingerprint density at radius 2 is 1.62 bits per heavy atom. The smallest absolute Gasteiger partial charge is 0.127 e. The van der Waals surface area contributed by atoms with Crippen LogP contribution in [0.25, 0.3) is 0 Å². The molecule has 3 N–H and O–H groups in total. The third-order valence-corrected chi connectivity index (χ3v) is 3.84. The first kappa shape index (κ1) is 15.4. The van der Waals surface area contributed by atoms with E-state index in [1.165, 1.54) is 5.56 Å². The van der Waals surface area contributed by atoms with Gasteiger partial charge in [0.05, 0.1) is 20.3 Å². The number of hydrogen-bond acceptors (Lipinski definition) is 4. The predicted molar refractivity (Wildman–Crippen MR) is 84.6 cm³/mol. The molecule has 2 rings (SSSR count). The lowest BCUT2D eigenvalue weighted by molar-refractivity contribution is 0.400. The van der Waals surface area contributed by atoms with Crippen LogP contribution in [0.4, 0.5) is 0 Å². The number of aryl methyl sites for hydroxylation is 1. The Hall–Kier alpha value is -2.04. The van der Waals surface area contributed by atoms with Crippen LogP contribution in [0.5, 0.6) is 11.5 Å². The number of ether oxygens (including phenoxy) is 2. The molecule has 21 heavy (non-hydrogen) atoms. The first-order valence-electron chi connectivity index (χ1n) is 6.86. The van der Waals surface area contributed by atoms with Gasteiger partial charge in [-0.1, -0.05) is 24.3 Å². The van der Waals surface area contributed by atoms with Crippen LogP contribution in [0.3, 0.4) is 0 Å². The maximum atomic E-state index is 5.78. The summed E-state index contributed by atoms with van der Waals surface area (Å²) in [5.74, 6) is 7.47. The van der Waals surface area contributed by atoms with Crippen LogP contribution in [0.1, 0.15) is 28.3 Å². The predicted octanol–water partition coefficient (Wildman–Crippen LogP) is 2.87. The average Bonchev–Trinajstić information content (AvgIpc) is 2.52. The summed E-state index contributed by atoms with van der Waals surface area (Å²) >= 11 is 0. The van der Waals surface area contributed by atoms with E-state index in [1.54, 1.807) is 14.2 Å². The van der Waals surface area contributed by atoms with Gasteiger partial charge >= 0.3 is 0 Å². The molecule has 0 amide bonds. The van der Waals surface area contributed by atoms with Gasteiger partial charge in [0.1, 0.15) is 11.5 Å². The van der Waals surface area contributed by atoms with Crippen molar-refractivity contribution in [3.8, 4) is 11.5 Å². The van der Waals surface area contributed by atoms with E-state index in [4.69, 9.17) is 15.3 Å². The van der Waals surface area contributed by atoms with Crippen LogP contribution in [0.15, 0.2) is 36.4 Å². The molecule has 0 radical (unpaired) electrons. The highest BCUT2D eigenvalue weighted by atomic mass is 16.5. The fourth-order valence-corrected chi connectivity index (χ4v) is 2.47. The van der Waals surface area contributed by atoms with E-state index in [9.17, 15) is 0 Å². The van der Waals surface area contributed by atoms with E-state index in [-0.39, 0.29) is 6.04 Å². The Bertz CT molecular complexity index is 609. The van der Waals surface area contributed by atoms with Gasteiger partial charge in [0.2, 0.25) is 0 Å². The number of methoxy groups -OCH3 is 2. The van der Waals surface area contributed by atoms with Crippen molar-refractivity contribution in [1.29, 1.82) is 0 Å². The lowest BCUT2D eigenvalue weighted by atomic mass is 9.94. The maximum absolute atomic E-state index is 5.78. The number of rotatable bonds is 5. The van der Waals surface area contributed by atoms with Gasteiger partial charge in [-0.3, -0.25) is 5.84 Å². The molecule has 0 aliphatic heterocycles. The van der Waals surface area contributed by atoms with E-state index < -0.39 is 0 Å². The Balaban J connectivity index is 2.48. The number of hydrogen-bond donors (Lipinski definition) is 2. The van der Waals surface area contributed by atoms with Crippen LogP contribution in [0.2, 0.25) is 0 Å². The molecule has 2 aromatic rings. The van der Waals surface area contributed by atoms with Crippen molar-refractivity contribution < 1.29 is 9.47 Å². The molecule has 0 bridgehead atoms. The second-order valence-corrected chi connectivity index (χ2v) is 5.00. The fraction of sp³-hybridized carbons (Fsp3) is 0.294. The van der Waals surface area contributed by atoms with Gasteiger partial charge in [0.15, 0.2) is 0 Å². The Morgan fingerprint density at radius 3 is 2.14 bits per heavy atom. The van der Waals surface area contributed by atoms with Gasteiger partial charge in [0.25, 0.3) is 0 Å². The quantitative estimate of drug-likeness (QED) is 0.655. The molecule has 0 heterocycles. The number of hydrazine groups is 1. The normalized spacial score (nSPS) is 12.0. The van der Waals surface area contributed by atoms with Gasteiger partial charge < -0.3 is 9.47 Å². The third-order valence-electron chi connectivity index (χ3n) is 3.84. The first-order valence-corrected chi connectivity index (χ1v) is 6.86. The zero-order valence-corrected chi connectivity index (χ0v) is 12.9. The molecule has 1 unspecified atom stereocenters. The Morgan fingerprint density at radius 1 is 0.952 bits per heavy atom. The van der Waals surface area contributed by atoms with E-state index in [0.29, 0.717) is 0 Å². The Labute approximate surface area is 125 Å². The molecule has 4 nitrogen and oxygen atoms in total. The zero-order valence-electron chi connectivity index (χ0n) is 12.9. The van der Waals surface area contributed by atoms with E-state index in [2.05, 4.69) is 31.4 Å². The lowest BCUT2D eigenvalue weighted by Crippen LogP contribution is -2.29. The van der Waals surface area contributed by atoms with Gasteiger partial charge in [-0.15, -0.1) is 0 Å². The molecule has 112 valence electrons. The summed E-state index contributed by atoms with van der Waals surface area (Å²) in [4.78, 5) is 0. The molecule has 4 heteroatoms. The first-order chi connectivity index (χ1) is 10.1. The molecule has 1 atom stereocenters. The van der Waals surface area contributed by atoms with Crippen molar-refractivity contribution in [1.82, 2.24) is 5.43 Å². The highest BCUT2D eigenvalue weighted by Crippen LogP contribution is 2.34. The lowest BCUT2D eigenvalue weighted by Gasteiger charge is -2.22. The minimum Gasteiger partial charge on any atom is -0.497 e. The van der Waals surface area contributed by atoms with E-state index in [0.717, 1.165) is 28.2 Å². The van der Waals surface area contributed by atoms with Crippen LogP contribution in [0, 0.1) is 13.8 Å². The average molecular weight is 286 g/mol. The van der Waals surface area contributed by atoms with E-state index in [1.807, 2.05) is 24.3 Å². The molecule has 0 spiro atoms. The fourth-order valence-electron chi connectivity index (χ4n) is 2.47. The minimum atomic E-state index is -0.134. The highest BCUT2D eigenvalue weighted by Gasteiger charge is 2.19. The number of benzene rings is 2. The van der Waals surface area contributed by atoms with Crippen LogP contribution < -0.4 is 20.7 Å². The molecule has 0 aliphatic rings. The van der Waals surface area contributed by atoms with Crippen molar-refractivity contribution >= 4 is 0 Å². The molecule has 0 fully saturated rings. The van der Waals surface area contributed by atoms with Crippen molar-refractivity contribution in [3.63, 3.8) is 0 Å². The van der Waals surface area contributed by atoms with Crippen molar-refractivity contribution in [2.45, 2.75) is 19.9 Å². The minimum absolute atomic E-state index is 0.134. The third kappa shape index (κ3) is 3.01. The molecular weight excluding hydrogens is 264 g/mol. The topological polar surface area (TPSA) is 56.5 Å². The van der Waals surface area contributed by atoms with E-state index >= 15 is 0 Å². The molecule has 0 saturated heterocycles. The second-order valence-electron chi connectivity index (χ2n) is 5.00. The summed E-state index contributed by atoms with van der Waals surface area (Å²) in [7, 11) is 3.34. The second kappa shape index (κ2) is 6.61. The van der Waals surface area contributed by atoms with Crippen LogP contribution in [-0.2, 0) is 0 Å². The maximum Gasteiger partial charge on any atom is 0.127 e. The van der Waals surface area contributed by atoms with Crippen molar-refractivity contribution in [2.24, 2.45) is 5.84 Å². The van der Waals surface area contributed by atoms with Crippen molar-refractivity contribution in [3.05, 3.63) is 58.7 Å². The molecular formula is C17H22N2O2. The van der Waals surface area contributed by atoms with Gasteiger partial charge in [-0.2, -0.15) is 0 Å². The summed E-state index contributed by atoms with van der Waals surface area (Å²) in [6, 6.07) is 11.8. The molecule has 0 saturated carbocycles. The summed E-state index contributed by atoms with van der Waals surface area (Å²) in [6.45, 7) is 4.12. The standard InChI is InChI=1S/C17H22N2O2/c1-11-5-10-15(17(21-4)12(11)2)16(19-18)13-6-8-14(20-3)9-7-13/h5-10,16,19H,18H2,1-4H3. The van der Waals surface area contributed by atoms with Gasteiger partial charge in [-0.25, -0.2) is 5.43 Å². The summed E-state index contributed by atoms with van der Waals surface area (Å²) in [5, 5.41) is 0. The number of nitrogens with two attached hydrogens (primary N) is 1. The van der Waals surface area contributed by atoms with Crippen molar-refractivity contribution in [2.75, 3.05) is 14.2 Å². The molecule has 0 aromatic heterocycles. The monoisotopic (exact) mass is 286 g/mol. The summed E-state index contributed by atoms with van der Waals surface area (Å²) in [5.41, 5.74) is 7.27. The highest BCUT2D eigenvalue weighted by molar-refractivity contribution is 5.49.